The zero-order valence-corrected chi connectivity index (χ0v) is 10.7. The van der Waals surface area contributed by atoms with E-state index in [1.165, 1.54) is 7.11 Å². The number of hydrogen-bond acceptors (Lipinski definition) is 4. The standard InChI is InChI=1S/C9H6F3IN2O2/c1-16-8-5(2-3-14)6(13)4-7(15-8)17-9(10,11)12/h4H,2H2,1H3. The van der Waals surface area contributed by atoms with Crippen molar-refractivity contribution in [1.82, 2.24) is 4.98 Å². The predicted octanol–water partition coefficient (Wildman–Crippen LogP) is 2.66. The maximum Gasteiger partial charge on any atom is 0.574 e. The highest BCUT2D eigenvalue weighted by molar-refractivity contribution is 14.1. The summed E-state index contributed by atoms with van der Waals surface area (Å²) >= 11 is 1.79. The molecular formula is C9H6F3IN2O2. The van der Waals surface area contributed by atoms with Crippen LogP contribution < -0.4 is 9.47 Å². The molecule has 8 heteroatoms. The van der Waals surface area contributed by atoms with Crippen LogP contribution in [0.4, 0.5) is 13.2 Å². The van der Waals surface area contributed by atoms with Crippen LogP contribution in [0.25, 0.3) is 0 Å². The third-order valence-corrected chi connectivity index (χ3v) is 2.64. The zero-order valence-electron chi connectivity index (χ0n) is 8.51. The van der Waals surface area contributed by atoms with E-state index in [-0.39, 0.29) is 12.3 Å². The lowest BCUT2D eigenvalue weighted by molar-refractivity contribution is -0.276. The molecule has 0 aliphatic heterocycles. The van der Waals surface area contributed by atoms with E-state index >= 15 is 0 Å². The second kappa shape index (κ2) is 5.39. The first-order valence-corrected chi connectivity index (χ1v) is 5.31. The Labute approximate surface area is 108 Å². The molecule has 0 aliphatic carbocycles. The molecular weight excluding hydrogens is 352 g/mol. The summed E-state index contributed by atoms with van der Waals surface area (Å²) in [5, 5.41) is 8.57. The first-order chi connectivity index (χ1) is 7.87. The fourth-order valence-electron chi connectivity index (χ4n) is 1.08. The van der Waals surface area contributed by atoms with Gasteiger partial charge in [-0.25, -0.2) is 0 Å². The van der Waals surface area contributed by atoms with Crippen LogP contribution in [-0.4, -0.2) is 18.5 Å². The largest absolute Gasteiger partial charge is 0.574 e. The van der Waals surface area contributed by atoms with Crippen molar-refractivity contribution in [3.63, 3.8) is 0 Å². The van der Waals surface area contributed by atoms with E-state index in [0.717, 1.165) is 6.07 Å². The molecule has 0 radical (unpaired) electrons. The molecule has 92 valence electrons. The smallest absolute Gasteiger partial charge is 0.481 e. The van der Waals surface area contributed by atoms with Gasteiger partial charge in [-0.1, -0.05) is 0 Å². The van der Waals surface area contributed by atoms with Crippen molar-refractivity contribution in [3.05, 3.63) is 15.2 Å². The van der Waals surface area contributed by atoms with E-state index in [1.54, 1.807) is 22.6 Å². The summed E-state index contributed by atoms with van der Waals surface area (Å²) in [5.74, 6) is -0.655. The first kappa shape index (κ1) is 13.8. The summed E-state index contributed by atoms with van der Waals surface area (Å²) in [5.41, 5.74) is 0.435. The van der Waals surface area contributed by atoms with Crippen molar-refractivity contribution in [2.75, 3.05) is 7.11 Å². The van der Waals surface area contributed by atoms with E-state index in [9.17, 15) is 13.2 Å². The third kappa shape index (κ3) is 3.92. The van der Waals surface area contributed by atoms with Gasteiger partial charge in [-0.3, -0.25) is 0 Å². The topological polar surface area (TPSA) is 55.1 Å². The first-order valence-electron chi connectivity index (χ1n) is 4.23. The molecule has 1 aromatic rings. The average molecular weight is 358 g/mol. The fraction of sp³-hybridized carbons (Fsp3) is 0.333. The Hall–Kier alpha value is -1.24. The molecule has 0 fully saturated rings. The van der Waals surface area contributed by atoms with Gasteiger partial charge in [0.15, 0.2) is 0 Å². The van der Waals surface area contributed by atoms with Crippen LogP contribution in [0.15, 0.2) is 6.07 Å². The molecule has 0 bridgehead atoms. The molecule has 0 atom stereocenters. The Kier molecular flexibility index (Phi) is 4.39. The minimum atomic E-state index is -4.81. The SMILES string of the molecule is COc1nc(OC(F)(F)F)cc(I)c1CC#N. The number of methoxy groups -OCH3 is 1. The van der Waals surface area contributed by atoms with E-state index < -0.39 is 12.2 Å². The molecule has 0 unspecified atom stereocenters. The van der Waals surface area contributed by atoms with Gasteiger partial charge in [-0.05, 0) is 22.6 Å². The molecule has 0 saturated heterocycles. The van der Waals surface area contributed by atoms with Crippen LogP contribution >= 0.6 is 22.6 Å². The second-order valence-electron chi connectivity index (χ2n) is 2.81. The fourth-order valence-corrected chi connectivity index (χ4v) is 1.76. The number of nitrogens with zero attached hydrogens (tertiary/aromatic N) is 2. The molecule has 0 N–H and O–H groups in total. The summed E-state index contributed by atoms with van der Waals surface area (Å²) in [6.07, 6.45) is -4.81. The lowest BCUT2D eigenvalue weighted by Gasteiger charge is -2.12. The molecule has 4 nitrogen and oxygen atoms in total. The monoisotopic (exact) mass is 358 g/mol. The Morgan fingerprint density at radius 1 is 1.53 bits per heavy atom. The maximum absolute atomic E-state index is 12.0. The molecule has 0 aliphatic rings. The van der Waals surface area contributed by atoms with Crippen molar-refractivity contribution in [2.24, 2.45) is 0 Å². The summed E-state index contributed by atoms with van der Waals surface area (Å²) in [7, 11) is 1.26. The second-order valence-corrected chi connectivity index (χ2v) is 3.98. The van der Waals surface area contributed by atoms with Crippen molar-refractivity contribution in [3.8, 4) is 17.8 Å². The van der Waals surface area contributed by atoms with Gasteiger partial charge in [-0.2, -0.15) is 10.2 Å². The lowest BCUT2D eigenvalue weighted by Crippen LogP contribution is -2.18. The maximum atomic E-state index is 12.0. The molecule has 1 rings (SSSR count). The highest BCUT2D eigenvalue weighted by Crippen LogP contribution is 2.29. The molecule has 1 aromatic heterocycles. The van der Waals surface area contributed by atoms with Gasteiger partial charge < -0.3 is 9.47 Å². The molecule has 1 heterocycles. The van der Waals surface area contributed by atoms with Crippen LogP contribution in [0.2, 0.25) is 0 Å². The van der Waals surface area contributed by atoms with Gasteiger partial charge in [0.2, 0.25) is 11.8 Å². The minimum Gasteiger partial charge on any atom is -0.481 e. The normalized spacial score (nSPS) is 10.8. The van der Waals surface area contributed by atoms with Crippen molar-refractivity contribution in [2.45, 2.75) is 12.8 Å². The van der Waals surface area contributed by atoms with Crippen LogP contribution in [-0.2, 0) is 6.42 Å². The molecule has 0 saturated carbocycles. The van der Waals surface area contributed by atoms with Gasteiger partial charge in [0.25, 0.3) is 0 Å². The number of rotatable bonds is 3. The summed E-state index contributed by atoms with van der Waals surface area (Å²) in [4.78, 5) is 3.54. The van der Waals surface area contributed by atoms with Gasteiger partial charge in [0, 0.05) is 15.2 Å². The van der Waals surface area contributed by atoms with E-state index in [2.05, 4.69) is 9.72 Å². The Bertz CT molecular complexity index is 457. The molecule has 0 amide bonds. The Balaban J connectivity index is 3.14. The van der Waals surface area contributed by atoms with Crippen LogP contribution in [0.3, 0.4) is 0 Å². The van der Waals surface area contributed by atoms with E-state index in [4.69, 9.17) is 10.00 Å². The average Bonchev–Trinajstić information content (AvgIpc) is 2.19. The Morgan fingerprint density at radius 3 is 2.65 bits per heavy atom. The van der Waals surface area contributed by atoms with E-state index in [1.807, 2.05) is 6.07 Å². The number of ether oxygens (including phenoxy) is 2. The third-order valence-electron chi connectivity index (χ3n) is 1.68. The number of halogens is 4. The van der Waals surface area contributed by atoms with E-state index in [0.29, 0.717) is 9.13 Å². The molecule has 17 heavy (non-hydrogen) atoms. The van der Waals surface area contributed by atoms with Crippen molar-refractivity contribution >= 4 is 22.6 Å². The number of nitriles is 1. The van der Waals surface area contributed by atoms with Crippen LogP contribution in [0, 0.1) is 14.9 Å². The van der Waals surface area contributed by atoms with Gasteiger partial charge in [0.05, 0.1) is 19.6 Å². The lowest BCUT2D eigenvalue weighted by atomic mass is 10.2. The summed E-state index contributed by atoms with van der Waals surface area (Å²) < 4.78 is 44.9. The zero-order chi connectivity index (χ0) is 13.1. The van der Waals surface area contributed by atoms with Gasteiger partial charge in [0.1, 0.15) is 0 Å². The Morgan fingerprint density at radius 2 is 2.18 bits per heavy atom. The quantitative estimate of drug-likeness (QED) is 0.780. The number of alkyl halides is 3. The number of aromatic nitrogens is 1. The number of pyridine rings is 1. The highest BCUT2D eigenvalue weighted by atomic mass is 127. The van der Waals surface area contributed by atoms with Gasteiger partial charge in [-0.15, -0.1) is 13.2 Å². The minimum absolute atomic E-state index is 0.000739. The molecule has 0 aromatic carbocycles. The highest BCUT2D eigenvalue weighted by Gasteiger charge is 2.32. The molecule has 0 spiro atoms. The summed E-state index contributed by atoms with van der Waals surface area (Å²) in [6, 6.07) is 2.98. The predicted molar refractivity (Wildman–Crippen MR) is 59.5 cm³/mol. The van der Waals surface area contributed by atoms with Crippen LogP contribution in [0.5, 0.6) is 11.8 Å². The van der Waals surface area contributed by atoms with Crippen LogP contribution in [0.1, 0.15) is 5.56 Å². The van der Waals surface area contributed by atoms with Gasteiger partial charge >= 0.3 is 6.36 Å². The summed E-state index contributed by atoms with van der Waals surface area (Å²) in [6.45, 7) is 0. The number of hydrogen-bond donors (Lipinski definition) is 0. The van der Waals surface area contributed by atoms with Crippen molar-refractivity contribution < 1.29 is 22.6 Å². The van der Waals surface area contributed by atoms with Crippen molar-refractivity contribution in [1.29, 1.82) is 5.26 Å².